The van der Waals surface area contributed by atoms with E-state index in [2.05, 4.69) is 0 Å². The zero-order chi connectivity index (χ0) is 11.1. The van der Waals surface area contributed by atoms with Gasteiger partial charge in [0.2, 0.25) is 0 Å². The summed E-state index contributed by atoms with van der Waals surface area (Å²) in [6.07, 6.45) is -0.950. The Hall–Kier alpha value is -0.200. The highest BCUT2D eigenvalue weighted by Crippen LogP contribution is 2.32. The van der Waals surface area contributed by atoms with Gasteiger partial charge in [0, 0.05) is 0 Å². The molecule has 2 heterocycles. The quantitative estimate of drug-likeness (QED) is 0.720. The van der Waals surface area contributed by atoms with E-state index in [0.29, 0.717) is 6.61 Å². The third-order valence-electron chi connectivity index (χ3n) is 2.63. The molecule has 2 aliphatic rings. The molecule has 0 saturated carbocycles. The zero-order valence-corrected chi connectivity index (χ0v) is 9.30. The monoisotopic (exact) mass is 218 g/mol. The number of hydrogen-bond donors (Lipinski definition) is 1. The molecular formula is C10H18O5. The van der Waals surface area contributed by atoms with E-state index in [0.717, 1.165) is 0 Å². The highest BCUT2D eigenvalue weighted by Gasteiger charge is 2.47. The van der Waals surface area contributed by atoms with Crippen LogP contribution in [-0.2, 0) is 18.9 Å². The van der Waals surface area contributed by atoms with Crippen molar-refractivity contribution in [2.24, 2.45) is 0 Å². The average molecular weight is 218 g/mol. The summed E-state index contributed by atoms with van der Waals surface area (Å²) in [5, 5.41) is 9.19. The van der Waals surface area contributed by atoms with Crippen LogP contribution in [0.2, 0.25) is 0 Å². The molecule has 4 atom stereocenters. The van der Waals surface area contributed by atoms with Crippen molar-refractivity contribution in [2.45, 2.75) is 51.2 Å². The second-order valence-corrected chi connectivity index (χ2v) is 4.40. The highest BCUT2D eigenvalue weighted by atomic mass is 16.8. The van der Waals surface area contributed by atoms with E-state index < -0.39 is 5.79 Å². The van der Waals surface area contributed by atoms with E-state index >= 15 is 0 Å². The molecule has 5 nitrogen and oxygen atoms in total. The van der Waals surface area contributed by atoms with Crippen molar-refractivity contribution in [1.29, 1.82) is 0 Å². The first kappa shape index (κ1) is 11.3. The molecule has 0 aromatic rings. The van der Waals surface area contributed by atoms with E-state index in [-0.39, 0.29) is 31.2 Å². The first-order valence-corrected chi connectivity index (χ1v) is 5.25. The summed E-state index contributed by atoms with van der Waals surface area (Å²) >= 11 is 0. The van der Waals surface area contributed by atoms with Crippen LogP contribution in [0.3, 0.4) is 0 Å². The predicted molar refractivity (Wildman–Crippen MR) is 51.2 cm³/mol. The van der Waals surface area contributed by atoms with Gasteiger partial charge in [-0.15, -0.1) is 0 Å². The van der Waals surface area contributed by atoms with Gasteiger partial charge in [0.1, 0.15) is 18.3 Å². The summed E-state index contributed by atoms with van der Waals surface area (Å²) in [7, 11) is 0. The third-order valence-corrected chi connectivity index (χ3v) is 2.63. The predicted octanol–water partition coefficient (Wildman–Crippen LogP) is 0.260. The Morgan fingerprint density at radius 3 is 2.60 bits per heavy atom. The fourth-order valence-electron chi connectivity index (χ4n) is 2.05. The van der Waals surface area contributed by atoms with Crippen LogP contribution in [0.5, 0.6) is 0 Å². The molecule has 1 N–H and O–H groups in total. The Bertz CT molecular complexity index is 230. The topological polar surface area (TPSA) is 57.2 Å². The maximum absolute atomic E-state index is 9.19. The van der Waals surface area contributed by atoms with Crippen molar-refractivity contribution >= 4 is 0 Å². The lowest BCUT2D eigenvalue weighted by molar-refractivity contribution is -0.159. The van der Waals surface area contributed by atoms with Crippen LogP contribution in [0, 0.1) is 0 Å². The molecule has 2 aliphatic heterocycles. The number of ether oxygens (including phenoxy) is 4. The second-order valence-electron chi connectivity index (χ2n) is 4.40. The summed E-state index contributed by atoms with van der Waals surface area (Å²) < 4.78 is 22.1. The molecule has 0 spiro atoms. The van der Waals surface area contributed by atoms with Gasteiger partial charge in [-0.05, 0) is 20.8 Å². The van der Waals surface area contributed by atoms with Crippen LogP contribution in [0.1, 0.15) is 20.8 Å². The Morgan fingerprint density at radius 2 is 2.07 bits per heavy atom. The molecule has 2 saturated heterocycles. The number of rotatable bonds is 2. The molecule has 0 amide bonds. The molecule has 88 valence electrons. The number of aliphatic hydroxyl groups excluding tert-OH is 1. The summed E-state index contributed by atoms with van der Waals surface area (Å²) in [6, 6.07) is 0. The summed E-state index contributed by atoms with van der Waals surface area (Å²) in [6.45, 7) is 5.92. The minimum absolute atomic E-state index is 0.0671. The fraction of sp³-hybridized carbons (Fsp3) is 1.00. The molecule has 15 heavy (non-hydrogen) atoms. The molecule has 0 aliphatic carbocycles. The van der Waals surface area contributed by atoms with Gasteiger partial charge in [-0.3, -0.25) is 0 Å². The van der Waals surface area contributed by atoms with Gasteiger partial charge in [0.25, 0.3) is 0 Å². The lowest BCUT2D eigenvalue weighted by Gasteiger charge is -2.20. The lowest BCUT2D eigenvalue weighted by atomic mass is 10.1. The van der Waals surface area contributed by atoms with E-state index in [4.69, 9.17) is 18.9 Å². The van der Waals surface area contributed by atoms with Gasteiger partial charge >= 0.3 is 0 Å². The Balaban J connectivity index is 2.01. The van der Waals surface area contributed by atoms with Crippen molar-refractivity contribution in [2.75, 3.05) is 13.2 Å². The van der Waals surface area contributed by atoms with Crippen molar-refractivity contribution in [3.05, 3.63) is 0 Å². The summed E-state index contributed by atoms with van der Waals surface area (Å²) in [4.78, 5) is 0. The summed E-state index contributed by atoms with van der Waals surface area (Å²) in [5.41, 5.74) is 0. The van der Waals surface area contributed by atoms with E-state index in [9.17, 15) is 5.11 Å². The average Bonchev–Trinajstić information content (AvgIpc) is 2.69. The van der Waals surface area contributed by atoms with Gasteiger partial charge < -0.3 is 24.1 Å². The molecule has 0 aromatic carbocycles. The van der Waals surface area contributed by atoms with Crippen LogP contribution in [0.25, 0.3) is 0 Å². The smallest absolute Gasteiger partial charge is 0.164 e. The second kappa shape index (κ2) is 3.99. The van der Waals surface area contributed by atoms with E-state index in [1.165, 1.54) is 0 Å². The van der Waals surface area contributed by atoms with Gasteiger partial charge in [0.15, 0.2) is 12.1 Å². The van der Waals surface area contributed by atoms with Crippen molar-refractivity contribution < 1.29 is 24.1 Å². The fourth-order valence-corrected chi connectivity index (χ4v) is 2.05. The standard InChI is InChI=1S/C10H18O5/c1-6-12-5-8(13-6)9-7(4-11)14-10(2,3)15-9/h6-9,11H,4-5H2,1-3H3/t6?,7-,8-,9+/m1/s1. The van der Waals surface area contributed by atoms with Gasteiger partial charge in [-0.1, -0.05) is 0 Å². The molecule has 2 fully saturated rings. The molecule has 1 unspecified atom stereocenters. The van der Waals surface area contributed by atoms with Gasteiger partial charge in [-0.25, -0.2) is 0 Å². The Kier molecular flexibility index (Phi) is 3.00. The van der Waals surface area contributed by atoms with Crippen molar-refractivity contribution in [3.8, 4) is 0 Å². The van der Waals surface area contributed by atoms with Crippen LogP contribution in [0.15, 0.2) is 0 Å². The minimum atomic E-state index is -0.659. The van der Waals surface area contributed by atoms with E-state index in [1.54, 1.807) is 0 Å². The summed E-state index contributed by atoms with van der Waals surface area (Å²) in [5.74, 6) is -0.659. The van der Waals surface area contributed by atoms with Gasteiger partial charge in [-0.2, -0.15) is 0 Å². The molecular weight excluding hydrogens is 200 g/mol. The molecule has 5 heteroatoms. The third kappa shape index (κ3) is 2.32. The van der Waals surface area contributed by atoms with Crippen molar-refractivity contribution in [1.82, 2.24) is 0 Å². The molecule has 2 rings (SSSR count). The SMILES string of the molecule is CC1OC[C@H]([C@H]2OC(C)(C)O[C@@H]2CO)O1. The maximum atomic E-state index is 9.19. The molecule has 0 radical (unpaired) electrons. The van der Waals surface area contributed by atoms with Crippen LogP contribution >= 0.6 is 0 Å². The Labute approximate surface area is 89.3 Å². The first-order valence-electron chi connectivity index (χ1n) is 5.25. The molecule has 0 bridgehead atoms. The van der Waals surface area contributed by atoms with Crippen LogP contribution in [-0.4, -0.2) is 48.7 Å². The minimum Gasteiger partial charge on any atom is -0.394 e. The largest absolute Gasteiger partial charge is 0.394 e. The zero-order valence-electron chi connectivity index (χ0n) is 9.30. The van der Waals surface area contributed by atoms with Crippen molar-refractivity contribution in [3.63, 3.8) is 0 Å². The van der Waals surface area contributed by atoms with Crippen LogP contribution in [0.4, 0.5) is 0 Å². The normalized spacial score (nSPS) is 44.8. The Morgan fingerprint density at radius 1 is 1.33 bits per heavy atom. The number of hydrogen-bond acceptors (Lipinski definition) is 5. The van der Waals surface area contributed by atoms with E-state index in [1.807, 2.05) is 20.8 Å². The maximum Gasteiger partial charge on any atom is 0.164 e. The molecule has 0 aromatic heterocycles. The van der Waals surface area contributed by atoms with Gasteiger partial charge in [0.05, 0.1) is 13.2 Å². The van der Waals surface area contributed by atoms with Crippen LogP contribution < -0.4 is 0 Å². The number of aliphatic hydroxyl groups is 1. The first-order chi connectivity index (χ1) is 7.02. The lowest BCUT2D eigenvalue weighted by Crippen LogP contribution is -2.38. The highest BCUT2D eigenvalue weighted by molar-refractivity contribution is 4.88.